The first-order valence-corrected chi connectivity index (χ1v) is 5.16. The van der Waals surface area contributed by atoms with E-state index in [-0.39, 0.29) is 0 Å². The van der Waals surface area contributed by atoms with E-state index in [4.69, 9.17) is 4.42 Å². The molecule has 0 saturated heterocycles. The van der Waals surface area contributed by atoms with Crippen LogP contribution in [0.5, 0.6) is 0 Å². The van der Waals surface area contributed by atoms with Crippen LogP contribution in [0.3, 0.4) is 0 Å². The van der Waals surface area contributed by atoms with Crippen LogP contribution >= 0.6 is 0 Å². The molecule has 1 heterocycles. The normalized spacial score (nSPS) is 13.1. The van der Waals surface area contributed by atoms with Crippen molar-refractivity contribution in [2.24, 2.45) is 0 Å². The van der Waals surface area contributed by atoms with Gasteiger partial charge in [0.2, 0.25) is 0 Å². The molecule has 86 valence electrons. The van der Waals surface area contributed by atoms with Gasteiger partial charge in [-0.2, -0.15) is 0 Å². The van der Waals surface area contributed by atoms with Crippen molar-refractivity contribution < 1.29 is 9.52 Å². The lowest BCUT2D eigenvalue weighted by Gasteiger charge is -2.09. The lowest BCUT2D eigenvalue weighted by molar-refractivity contribution is 0.168. The third-order valence-corrected chi connectivity index (χ3v) is 2.50. The van der Waals surface area contributed by atoms with Crippen LogP contribution in [0.25, 0.3) is 11.1 Å². The van der Waals surface area contributed by atoms with Crippen LogP contribution in [0.15, 0.2) is 27.4 Å². The molecule has 2 rings (SSSR count). The summed E-state index contributed by atoms with van der Waals surface area (Å²) in [5.74, 6) is -0.475. The van der Waals surface area contributed by atoms with Crippen molar-refractivity contribution in [2.45, 2.75) is 12.5 Å². The first-order valence-electron chi connectivity index (χ1n) is 5.16. The fraction of sp³-hybridized carbons (Fsp3) is 0.364. The first-order chi connectivity index (χ1) is 7.70. The van der Waals surface area contributed by atoms with E-state index < -0.39 is 11.9 Å². The van der Waals surface area contributed by atoms with Crippen LogP contribution in [0.2, 0.25) is 0 Å². The second-order valence-electron chi connectivity index (χ2n) is 3.68. The Kier molecular flexibility index (Phi) is 3.07. The minimum Gasteiger partial charge on any atom is -0.408 e. The molecule has 0 radical (unpaired) electrons. The molecule has 0 amide bonds. The average Bonchev–Trinajstić information content (AvgIpc) is 2.64. The molecule has 0 bridgehead atoms. The Morgan fingerprint density at radius 3 is 3.12 bits per heavy atom. The maximum Gasteiger partial charge on any atom is 0.417 e. The van der Waals surface area contributed by atoms with E-state index in [0.717, 1.165) is 12.1 Å². The Morgan fingerprint density at radius 2 is 2.38 bits per heavy atom. The monoisotopic (exact) mass is 222 g/mol. The molecule has 0 aliphatic heterocycles. The molecule has 0 aliphatic rings. The van der Waals surface area contributed by atoms with E-state index in [9.17, 15) is 9.90 Å². The van der Waals surface area contributed by atoms with Gasteiger partial charge in [-0.05, 0) is 37.7 Å². The highest BCUT2D eigenvalue weighted by atomic mass is 16.4. The van der Waals surface area contributed by atoms with E-state index in [1.165, 1.54) is 0 Å². The van der Waals surface area contributed by atoms with Gasteiger partial charge in [-0.1, -0.05) is 6.07 Å². The number of H-pyrrole nitrogens is 1. The number of oxazole rings is 1. The number of benzene rings is 1. The molecule has 3 N–H and O–H groups in total. The number of hydrogen-bond acceptors (Lipinski definition) is 4. The molecule has 0 saturated carbocycles. The van der Waals surface area contributed by atoms with Crippen molar-refractivity contribution in [2.75, 3.05) is 13.6 Å². The van der Waals surface area contributed by atoms with Crippen molar-refractivity contribution in [1.29, 1.82) is 0 Å². The lowest BCUT2D eigenvalue weighted by atomic mass is 10.1. The van der Waals surface area contributed by atoms with E-state index in [0.29, 0.717) is 17.5 Å². The van der Waals surface area contributed by atoms with Crippen molar-refractivity contribution in [3.05, 3.63) is 34.3 Å². The predicted molar refractivity (Wildman–Crippen MR) is 60.3 cm³/mol. The van der Waals surface area contributed by atoms with E-state index in [1.807, 2.05) is 7.05 Å². The van der Waals surface area contributed by atoms with Gasteiger partial charge in [0.05, 0.1) is 11.6 Å². The van der Waals surface area contributed by atoms with Gasteiger partial charge in [-0.15, -0.1) is 0 Å². The van der Waals surface area contributed by atoms with Crippen LogP contribution in [0.1, 0.15) is 18.1 Å². The van der Waals surface area contributed by atoms with E-state index >= 15 is 0 Å². The summed E-state index contributed by atoms with van der Waals surface area (Å²) >= 11 is 0. The van der Waals surface area contributed by atoms with Crippen molar-refractivity contribution in [3.8, 4) is 0 Å². The Balaban J connectivity index is 2.27. The van der Waals surface area contributed by atoms with E-state index in [2.05, 4.69) is 10.3 Å². The van der Waals surface area contributed by atoms with Gasteiger partial charge in [-0.3, -0.25) is 4.98 Å². The maximum atomic E-state index is 10.9. The molecule has 5 nitrogen and oxygen atoms in total. The van der Waals surface area contributed by atoms with Gasteiger partial charge in [-0.25, -0.2) is 4.79 Å². The summed E-state index contributed by atoms with van der Waals surface area (Å²) in [5, 5.41) is 12.8. The number of aromatic nitrogens is 1. The minimum atomic E-state index is -0.532. The first kappa shape index (κ1) is 10.9. The quantitative estimate of drug-likeness (QED) is 0.713. The topological polar surface area (TPSA) is 78.3 Å². The number of fused-ring (bicyclic) bond motifs is 1. The molecule has 1 aromatic heterocycles. The Bertz CT molecular complexity index is 529. The summed E-state index contributed by atoms with van der Waals surface area (Å²) in [6.45, 7) is 0.737. The number of hydrogen-bond donors (Lipinski definition) is 3. The van der Waals surface area contributed by atoms with Crippen LogP contribution in [0, 0.1) is 0 Å². The van der Waals surface area contributed by atoms with Gasteiger partial charge in [0.15, 0.2) is 5.58 Å². The molecule has 1 unspecified atom stereocenters. The zero-order chi connectivity index (χ0) is 11.5. The zero-order valence-electron chi connectivity index (χ0n) is 8.99. The van der Waals surface area contributed by atoms with Gasteiger partial charge < -0.3 is 14.8 Å². The van der Waals surface area contributed by atoms with Crippen LogP contribution in [0.4, 0.5) is 0 Å². The van der Waals surface area contributed by atoms with Crippen LogP contribution < -0.4 is 11.1 Å². The molecule has 5 heteroatoms. The number of nitrogens with one attached hydrogen (secondary N) is 2. The van der Waals surface area contributed by atoms with E-state index in [1.54, 1.807) is 18.2 Å². The average molecular weight is 222 g/mol. The third kappa shape index (κ3) is 2.15. The third-order valence-electron chi connectivity index (χ3n) is 2.50. The number of aliphatic hydroxyl groups is 1. The summed E-state index contributed by atoms with van der Waals surface area (Å²) in [7, 11) is 1.84. The molecular weight excluding hydrogens is 208 g/mol. The Labute approximate surface area is 92.1 Å². The fourth-order valence-corrected chi connectivity index (χ4v) is 1.62. The number of rotatable bonds is 4. The molecule has 16 heavy (non-hydrogen) atoms. The second kappa shape index (κ2) is 4.51. The highest BCUT2D eigenvalue weighted by Crippen LogP contribution is 2.20. The predicted octanol–water partition coefficient (Wildman–Crippen LogP) is 0.764. The lowest BCUT2D eigenvalue weighted by Crippen LogP contribution is -2.11. The van der Waals surface area contributed by atoms with Gasteiger partial charge in [0, 0.05) is 0 Å². The molecule has 1 aromatic carbocycles. The standard InChI is InChI=1S/C11H14N2O3/c1-12-5-4-9(14)7-2-3-10-8(6-7)13-11(15)16-10/h2-3,6,9,12,14H,4-5H2,1H3,(H,13,15). The van der Waals surface area contributed by atoms with Crippen LogP contribution in [-0.4, -0.2) is 23.7 Å². The zero-order valence-corrected chi connectivity index (χ0v) is 8.99. The van der Waals surface area contributed by atoms with Crippen LogP contribution in [-0.2, 0) is 0 Å². The molecule has 1 atom stereocenters. The highest BCUT2D eigenvalue weighted by Gasteiger charge is 2.09. The summed E-state index contributed by atoms with van der Waals surface area (Å²) in [6, 6.07) is 5.19. The summed E-state index contributed by atoms with van der Waals surface area (Å²) in [6.07, 6.45) is 0.0969. The minimum absolute atomic E-state index is 0.475. The molecule has 0 fully saturated rings. The Hall–Kier alpha value is -1.59. The number of aromatic amines is 1. The van der Waals surface area contributed by atoms with Crippen molar-refractivity contribution >= 4 is 11.1 Å². The fourth-order valence-electron chi connectivity index (χ4n) is 1.62. The van der Waals surface area contributed by atoms with Crippen molar-refractivity contribution in [3.63, 3.8) is 0 Å². The highest BCUT2D eigenvalue weighted by molar-refractivity contribution is 5.72. The molecular formula is C11H14N2O3. The van der Waals surface area contributed by atoms with Gasteiger partial charge in [0.25, 0.3) is 0 Å². The molecule has 2 aromatic rings. The van der Waals surface area contributed by atoms with Gasteiger partial charge >= 0.3 is 5.76 Å². The summed E-state index contributed by atoms with van der Waals surface area (Å²) in [5.41, 5.74) is 1.90. The van der Waals surface area contributed by atoms with Gasteiger partial charge in [0.1, 0.15) is 0 Å². The summed E-state index contributed by atoms with van der Waals surface area (Å²) in [4.78, 5) is 13.5. The largest absolute Gasteiger partial charge is 0.417 e. The smallest absolute Gasteiger partial charge is 0.408 e. The summed E-state index contributed by atoms with van der Waals surface area (Å²) < 4.78 is 4.88. The maximum absolute atomic E-state index is 10.9. The molecule has 0 aliphatic carbocycles. The SMILES string of the molecule is CNCCC(O)c1ccc2oc(=O)[nH]c2c1. The van der Waals surface area contributed by atoms with Crippen molar-refractivity contribution in [1.82, 2.24) is 10.3 Å². The second-order valence-corrected chi connectivity index (χ2v) is 3.68. The number of aliphatic hydroxyl groups excluding tert-OH is 1. The Morgan fingerprint density at radius 1 is 1.56 bits per heavy atom. The molecule has 0 spiro atoms.